The minimum Gasteiger partial charge on any atom is -0.481 e. The molecule has 0 aromatic rings. The molecule has 102 valence electrons. The average Bonchev–Trinajstić information content (AvgIpc) is 2.74. The molecule has 2 unspecified atom stereocenters. The molecule has 1 heterocycles. The van der Waals surface area contributed by atoms with E-state index in [2.05, 4.69) is 24.8 Å². The first-order chi connectivity index (χ1) is 8.60. The van der Waals surface area contributed by atoms with Crippen LogP contribution in [0.5, 0.6) is 0 Å². The van der Waals surface area contributed by atoms with E-state index in [1.807, 2.05) is 6.08 Å². The van der Waals surface area contributed by atoms with Crippen LogP contribution in [-0.2, 0) is 4.79 Å². The summed E-state index contributed by atoms with van der Waals surface area (Å²) in [5.74, 6) is -0.940. The second-order valence-corrected chi connectivity index (χ2v) is 6.04. The highest BCUT2D eigenvalue weighted by molar-refractivity contribution is 5.73. The van der Waals surface area contributed by atoms with Crippen LogP contribution in [0.1, 0.15) is 46.0 Å². The molecule has 1 saturated heterocycles. The van der Waals surface area contributed by atoms with Crippen molar-refractivity contribution in [2.24, 2.45) is 11.3 Å². The molecular formula is C15H25NO2. The van der Waals surface area contributed by atoms with Gasteiger partial charge in [0.05, 0.1) is 5.92 Å². The molecule has 1 N–H and O–H groups in total. The summed E-state index contributed by atoms with van der Waals surface area (Å²) in [7, 11) is 0. The molecule has 1 aliphatic carbocycles. The maximum Gasteiger partial charge on any atom is 0.310 e. The zero-order valence-corrected chi connectivity index (χ0v) is 11.6. The van der Waals surface area contributed by atoms with Gasteiger partial charge in [-0.3, -0.25) is 9.69 Å². The number of aliphatic carboxylic acids is 1. The van der Waals surface area contributed by atoms with Crippen LogP contribution >= 0.6 is 0 Å². The molecule has 2 rings (SSSR count). The third-order valence-corrected chi connectivity index (χ3v) is 4.48. The normalized spacial score (nSPS) is 30.3. The Morgan fingerprint density at radius 2 is 1.89 bits per heavy atom. The van der Waals surface area contributed by atoms with Gasteiger partial charge in [0.25, 0.3) is 0 Å². The molecule has 0 spiro atoms. The van der Waals surface area contributed by atoms with Crippen molar-refractivity contribution in [2.45, 2.75) is 52.0 Å². The van der Waals surface area contributed by atoms with Gasteiger partial charge in [0.15, 0.2) is 0 Å². The maximum absolute atomic E-state index is 10.9. The Morgan fingerprint density at radius 3 is 2.33 bits per heavy atom. The maximum atomic E-state index is 10.9. The summed E-state index contributed by atoms with van der Waals surface area (Å²) in [6.45, 7) is 6.85. The molecule has 2 aliphatic rings. The third-order valence-electron chi connectivity index (χ3n) is 4.48. The number of hydrogen-bond donors (Lipinski definition) is 1. The fourth-order valence-electron chi connectivity index (χ4n) is 3.69. The Hall–Kier alpha value is -0.830. The monoisotopic (exact) mass is 251 g/mol. The van der Waals surface area contributed by atoms with Gasteiger partial charge < -0.3 is 5.11 Å². The fourth-order valence-corrected chi connectivity index (χ4v) is 3.69. The lowest BCUT2D eigenvalue weighted by molar-refractivity contribution is -0.140. The fraction of sp³-hybridized carbons (Fsp3) is 0.800. The van der Waals surface area contributed by atoms with E-state index in [1.165, 1.54) is 25.7 Å². The summed E-state index contributed by atoms with van der Waals surface area (Å²) in [6.07, 6.45) is 9.88. The molecular weight excluding hydrogens is 226 g/mol. The van der Waals surface area contributed by atoms with Crippen molar-refractivity contribution in [3.8, 4) is 0 Å². The topological polar surface area (TPSA) is 40.5 Å². The van der Waals surface area contributed by atoms with Crippen LogP contribution in [0.15, 0.2) is 12.2 Å². The zero-order chi connectivity index (χ0) is 13.2. The predicted octanol–water partition coefficient (Wildman–Crippen LogP) is 2.92. The lowest BCUT2D eigenvalue weighted by atomic mass is 9.72. The largest absolute Gasteiger partial charge is 0.481 e. The van der Waals surface area contributed by atoms with Crippen LogP contribution in [0.25, 0.3) is 0 Å². The first kappa shape index (κ1) is 13.6. The lowest BCUT2D eigenvalue weighted by Gasteiger charge is -2.53. The average molecular weight is 251 g/mol. The highest BCUT2D eigenvalue weighted by Gasteiger charge is 2.44. The number of carbonyl (C=O) groups is 1. The minimum absolute atomic E-state index is 0.262. The zero-order valence-electron chi connectivity index (χ0n) is 11.6. The van der Waals surface area contributed by atoms with E-state index in [4.69, 9.17) is 5.11 Å². The van der Waals surface area contributed by atoms with Crippen molar-refractivity contribution in [2.75, 3.05) is 13.1 Å². The molecule has 18 heavy (non-hydrogen) atoms. The number of hydrogen-bond acceptors (Lipinski definition) is 2. The van der Waals surface area contributed by atoms with E-state index in [1.54, 1.807) is 0 Å². The summed E-state index contributed by atoms with van der Waals surface area (Å²) in [4.78, 5) is 13.4. The second-order valence-electron chi connectivity index (χ2n) is 6.04. The number of carboxylic acids is 1. The SMILES string of the molecule is CCCC1(CCC)CN(C2C=CC(C(=O)O)C2)C1. The Kier molecular flexibility index (Phi) is 4.10. The van der Waals surface area contributed by atoms with Gasteiger partial charge in [0.1, 0.15) is 0 Å². The van der Waals surface area contributed by atoms with Gasteiger partial charge in [0.2, 0.25) is 0 Å². The minimum atomic E-state index is -0.678. The van der Waals surface area contributed by atoms with E-state index in [0.29, 0.717) is 11.5 Å². The second kappa shape index (κ2) is 5.43. The highest BCUT2D eigenvalue weighted by atomic mass is 16.4. The van der Waals surface area contributed by atoms with Crippen molar-refractivity contribution in [1.82, 2.24) is 4.90 Å². The lowest BCUT2D eigenvalue weighted by Crippen LogP contribution is -2.59. The third kappa shape index (κ3) is 2.61. The molecule has 3 heteroatoms. The van der Waals surface area contributed by atoms with Crippen LogP contribution in [-0.4, -0.2) is 35.1 Å². The Labute approximate surface area is 110 Å². The molecule has 0 aromatic carbocycles. The van der Waals surface area contributed by atoms with E-state index in [-0.39, 0.29) is 5.92 Å². The molecule has 0 saturated carbocycles. The Morgan fingerprint density at radius 1 is 1.28 bits per heavy atom. The standard InChI is InChI=1S/C15H25NO2/c1-3-7-15(8-4-2)10-16(11-15)13-6-5-12(9-13)14(17)18/h5-6,12-13H,3-4,7-11H2,1-2H3,(H,17,18). The van der Waals surface area contributed by atoms with E-state index in [0.717, 1.165) is 19.5 Å². The van der Waals surface area contributed by atoms with E-state index in [9.17, 15) is 4.79 Å². The quantitative estimate of drug-likeness (QED) is 0.738. The molecule has 0 aromatic heterocycles. The highest BCUT2D eigenvalue weighted by Crippen LogP contribution is 2.42. The molecule has 0 bridgehead atoms. The van der Waals surface area contributed by atoms with Crippen LogP contribution in [0.3, 0.4) is 0 Å². The van der Waals surface area contributed by atoms with Crippen LogP contribution < -0.4 is 0 Å². The molecule has 0 radical (unpaired) electrons. The van der Waals surface area contributed by atoms with Gasteiger partial charge in [-0.05, 0) is 24.7 Å². The van der Waals surface area contributed by atoms with Gasteiger partial charge in [-0.15, -0.1) is 0 Å². The van der Waals surface area contributed by atoms with Crippen molar-refractivity contribution in [3.63, 3.8) is 0 Å². The van der Waals surface area contributed by atoms with Gasteiger partial charge in [-0.1, -0.05) is 38.8 Å². The number of likely N-dealkylation sites (tertiary alicyclic amines) is 1. The smallest absolute Gasteiger partial charge is 0.310 e. The first-order valence-electron chi connectivity index (χ1n) is 7.25. The van der Waals surface area contributed by atoms with Crippen molar-refractivity contribution < 1.29 is 9.90 Å². The number of carboxylic acid groups (broad SMARTS) is 1. The molecule has 0 amide bonds. The Balaban J connectivity index is 1.85. The summed E-state index contributed by atoms with van der Waals surface area (Å²) in [6, 6.07) is 0.368. The molecule has 3 nitrogen and oxygen atoms in total. The van der Waals surface area contributed by atoms with Crippen LogP contribution in [0.2, 0.25) is 0 Å². The Bertz CT molecular complexity index is 323. The first-order valence-corrected chi connectivity index (χ1v) is 7.25. The van der Waals surface area contributed by atoms with Crippen LogP contribution in [0, 0.1) is 11.3 Å². The number of rotatable bonds is 6. The van der Waals surface area contributed by atoms with Gasteiger partial charge >= 0.3 is 5.97 Å². The number of nitrogens with zero attached hydrogens (tertiary/aromatic N) is 1. The summed E-state index contributed by atoms with van der Waals surface area (Å²) in [5.41, 5.74) is 0.526. The summed E-state index contributed by atoms with van der Waals surface area (Å²) >= 11 is 0. The van der Waals surface area contributed by atoms with Gasteiger partial charge in [0, 0.05) is 19.1 Å². The molecule has 1 aliphatic heterocycles. The molecule has 2 atom stereocenters. The van der Waals surface area contributed by atoms with E-state index < -0.39 is 5.97 Å². The summed E-state index contributed by atoms with van der Waals surface area (Å²) < 4.78 is 0. The van der Waals surface area contributed by atoms with Crippen molar-refractivity contribution in [1.29, 1.82) is 0 Å². The van der Waals surface area contributed by atoms with E-state index >= 15 is 0 Å². The van der Waals surface area contributed by atoms with Crippen molar-refractivity contribution in [3.05, 3.63) is 12.2 Å². The van der Waals surface area contributed by atoms with Gasteiger partial charge in [-0.25, -0.2) is 0 Å². The summed E-state index contributed by atoms with van der Waals surface area (Å²) in [5, 5.41) is 9.00. The van der Waals surface area contributed by atoms with Crippen LogP contribution in [0.4, 0.5) is 0 Å². The van der Waals surface area contributed by atoms with Crippen molar-refractivity contribution >= 4 is 5.97 Å². The molecule has 1 fully saturated rings. The van der Waals surface area contributed by atoms with Gasteiger partial charge in [-0.2, -0.15) is 0 Å². The predicted molar refractivity (Wildman–Crippen MR) is 72.5 cm³/mol.